The van der Waals surface area contributed by atoms with Crippen LogP contribution in [0.3, 0.4) is 0 Å². The van der Waals surface area contributed by atoms with Gasteiger partial charge in [0.15, 0.2) is 11.6 Å². The number of aromatic amines is 1. The molecule has 0 saturated carbocycles. The molecule has 0 bridgehead atoms. The molecule has 0 aliphatic heterocycles. The summed E-state index contributed by atoms with van der Waals surface area (Å²) < 4.78 is 22.7. The van der Waals surface area contributed by atoms with E-state index in [0.29, 0.717) is 0 Å². The molecule has 1 N–H and O–H groups in total. The van der Waals surface area contributed by atoms with E-state index in [0.717, 1.165) is 6.07 Å². The van der Waals surface area contributed by atoms with Gasteiger partial charge in [0.05, 0.1) is 25.1 Å². The van der Waals surface area contributed by atoms with Gasteiger partial charge in [-0.3, -0.25) is 4.79 Å². The third-order valence-electron chi connectivity index (χ3n) is 2.56. The van der Waals surface area contributed by atoms with E-state index < -0.39 is 17.2 Å². The van der Waals surface area contributed by atoms with E-state index in [9.17, 15) is 14.0 Å². The van der Waals surface area contributed by atoms with Crippen LogP contribution >= 0.6 is 0 Å². The normalized spacial score (nSPS) is 10.4. The summed E-state index contributed by atoms with van der Waals surface area (Å²) in [6.45, 7) is 0. The van der Waals surface area contributed by atoms with E-state index in [4.69, 9.17) is 4.74 Å². The maximum Gasteiger partial charge on any atom is 0.343 e. The lowest BCUT2D eigenvalue weighted by molar-refractivity contribution is 0.0599. The number of carbonyl (C=O) groups excluding carboxylic acids is 1. The molecule has 1 aromatic heterocycles. The van der Waals surface area contributed by atoms with Crippen LogP contribution in [0.15, 0.2) is 23.1 Å². The van der Waals surface area contributed by atoms with Gasteiger partial charge in [-0.2, -0.15) is 0 Å². The fraction of sp³-hybridized carbons (Fsp3) is 0.167. The maximum absolute atomic E-state index is 13.4. The highest BCUT2D eigenvalue weighted by atomic mass is 19.1. The Morgan fingerprint density at radius 3 is 2.67 bits per heavy atom. The minimum Gasteiger partial charge on any atom is -0.494 e. The van der Waals surface area contributed by atoms with Crippen LogP contribution in [0.2, 0.25) is 0 Å². The number of H-pyrrole nitrogens is 1. The zero-order valence-electron chi connectivity index (χ0n) is 9.74. The second-order valence-corrected chi connectivity index (χ2v) is 3.56. The van der Waals surface area contributed by atoms with Gasteiger partial charge in [-0.1, -0.05) is 0 Å². The van der Waals surface area contributed by atoms with Crippen molar-refractivity contribution in [1.82, 2.24) is 4.98 Å². The highest BCUT2D eigenvalue weighted by molar-refractivity contribution is 5.93. The SMILES string of the molecule is COC(=O)c1c[nH]c2cc(F)c(OC)cc2c1=O. The zero-order valence-corrected chi connectivity index (χ0v) is 9.74. The van der Waals surface area contributed by atoms with E-state index >= 15 is 0 Å². The van der Waals surface area contributed by atoms with Gasteiger partial charge in [-0.25, -0.2) is 9.18 Å². The molecule has 0 aliphatic rings. The smallest absolute Gasteiger partial charge is 0.343 e. The fourth-order valence-electron chi connectivity index (χ4n) is 1.64. The summed E-state index contributed by atoms with van der Waals surface area (Å²) in [6.07, 6.45) is 1.20. The number of esters is 1. The first-order valence-corrected chi connectivity index (χ1v) is 5.05. The fourth-order valence-corrected chi connectivity index (χ4v) is 1.64. The molecule has 0 radical (unpaired) electrons. The van der Waals surface area contributed by atoms with Crippen LogP contribution in [0.1, 0.15) is 10.4 Å². The number of rotatable bonds is 2. The first-order valence-electron chi connectivity index (χ1n) is 5.05. The van der Waals surface area contributed by atoms with Crippen molar-refractivity contribution < 1.29 is 18.7 Å². The van der Waals surface area contributed by atoms with Crippen LogP contribution in [-0.2, 0) is 4.74 Å². The summed E-state index contributed by atoms with van der Waals surface area (Å²) in [6, 6.07) is 2.38. The van der Waals surface area contributed by atoms with Crippen LogP contribution in [-0.4, -0.2) is 25.2 Å². The topological polar surface area (TPSA) is 68.4 Å². The average molecular weight is 251 g/mol. The molecule has 94 valence electrons. The molecule has 1 aromatic carbocycles. The Bertz CT molecular complexity index is 678. The van der Waals surface area contributed by atoms with Crippen LogP contribution in [0.5, 0.6) is 5.75 Å². The van der Waals surface area contributed by atoms with Crippen LogP contribution in [0.4, 0.5) is 4.39 Å². The third-order valence-corrected chi connectivity index (χ3v) is 2.56. The molecule has 0 amide bonds. The Labute approximate surface area is 101 Å². The summed E-state index contributed by atoms with van der Waals surface area (Å²) in [4.78, 5) is 26.0. The molecule has 0 fully saturated rings. The van der Waals surface area contributed by atoms with E-state index in [-0.39, 0.29) is 22.2 Å². The number of hydrogen-bond donors (Lipinski definition) is 1. The van der Waals surface area contributed by atoms with Crippen molar-refractivity contribution >= 4 is 16.9 Å². The monoisotopic (exact) mass is 251 g/mol. The standard InChI is InChI=1S/C12H10FNO4/c1-17-10-3-6-9(4-8(10)13)14-5-7(11(6)15)12(16)18-2/h3-5H,1-2H3,(H,14,15). The van der Waals surface area contributed by atoms with Gasteiger partial charge in [0.2, 0.25) is 5.43 Å². The number of benzene rings is 1. The van der Waals surface area contributed by atoms with Crippen molar-refractivity contribution in [3.63, 3.8) is 0 Å². The molecule has 0 aliphatic carbocycles. The Morgan fingerprint density at radius 2 is 2.06 bits per heavy atom. The first kappa shape index (κ1) is 12.1. The molecule has 0 unspecified atom stereocenters. The van der Waals surface area contributed by atoms with Crippen molar-refractivity contribution in [1.29, 1.82) is 0 Å². The largest absolute Gasteiger partial charge is 0.494 e. The highest BCUT2D eigenvalue weighted by Gasteiger charge is 2.15. The number of carbonyl (C=O) groups is 1. The summed E-state index contributed by atoms with van der Waals surface area (Å²) in [5.74, 6) is -1.40. The van der Waals surface area contributed by atoms with Gasteiger partial charge in [0, 0.05) is 12.3 Å². The molecule has 2 rings (SSSR count). The van der Waals surface area contributed by atoms with Crippen molar-refractivity contribution in [2.75, 3.05) is 14.2 Å². The van der Waals surface area contributed by atoms with Crippen molar-refractivity contribution in [2.45, 2.75) is 0 Å². The summed E-state index contributed by atoms with van der Waals surface area (Å²) in [5.41, 5.74) is -0.390. The lowest BCUT2D eigenvalue weighted by Crippen LogP contribution is -2.17. The van der Waals surface area contributed by atoms with E-state index in [2.05, 4.69) is 9.72 Å². The Balaban J connectivity index is 2.77. The van der Waals surface area contributed by atoms with E-state index in [1.807, 2.05) is 0 Å². The first-order chi connectivity index (χ1) is 8.58. The summed E-state index contributed by atoms with van der Waals surface area (Å²) in [7, 11) is 2.47. The van der Waals surface area contributed by atoms with Crippen LogP contribution in [0, 0.1) is 5.82 Å². The molecule has 18 heavy (non-hydrogen) atoms. The third kappa shape index (κ3) is 1.81. The molecule has 0 atom stereocenters. The maximum atomic E-state index is 13.4. The van der Waals surface area contributed by atoms with Gasteiger partial charge in [0.1, 0.15) is 5.56 Å². The lowest BCUT2D eigenvalue weighted by Gasteiger charge is -2.05. The van der Waals surface area contributed by atoms with Gasteiger partial charge < -0.3 is 14.5 Å². The van der Waals surface area contributed by atoms with Gasteiger partial charge in [0.25, 0.3) is 0 Å². The number of methoxy groups -OCH3 is 2. The number of halogens is 1. The average Bonchev–Trinajstić information content (AvgIpc) is 2.38. The number of aromatic nitrogens is 1. The molecule has 2 aromatic rings. The minimum atomic E-state index is -0.749. The number of fused-ring (bicyclic) bond motifs is 1. The van der Waals surface area contributed by atoms with Crippen LogP contribution in [0.25, 0.3) is 10.9 Å². The second kappa shape index (κ2) is 4.48. The van der Waals surface area contributed by atoms with E-state index in [1.54, 1.807) is 0 Å². The molecular weight excluding hydrogens is 241 g/mol. The van der Waals surface area contributed by atoms with Gasteiger partial charge in [-0.05, 0) is 6.07 Å². The van der Waals surface area contributed by atoms with Gasteiger partial charge >= 0.3 is 5.97 Å². The molecular formula is C12H10FNO4. The van der Waals surface area contributed by atoms with E-state index in [1.165, 1.54) is 26.5 Å². The quantitative estimate of drug-likeness (QED) is 0.820. The molecule has 5 nitrogen and oxygen atoms in total. The van der Waals surface area contributed by atoms with Crippen LogP contribution < -0.4 is 10.2 Å². The second-order valence-electron chi connectivity index (χ2n) is 3.56. The molecule has 0 spiro atoms. The van der Waals surface area contributed by atoms with Crippen molar-refractivity contribution in [3.05, 3.63) is 39.9 Å². The Morgan fingerprint density at radius 1 is 1.33 bits per heavy atom. The molecule has 0 saturated heterocycles. The summed E-state index contributed by atoms with van der Waals surface area (Å²) >= 11 is 0. The number of ether oxygens (including phenoxy) is 2. The van der Waals surface area contributed by atoms with Gasteiger partial charge in [-0.15, -0.1) is 0 Å². The summed E-state index contributed by atoms with van der Waals surface area (Å²) in [5, 5.41) is 0.163. The minimum absolute atomic E-state index is 0.0602. The predicted octanol–water partition coefficient (Wildman–Crippen LogP) is 1.46. The Hall–Kier alpha value is -2.37. The predicted molar refractivity (Wildman–Crippen MR) is 62.4 cm³/mol. The Kier molecular flexibility index (Phi) is 3.01. The number of pyridine rings is 1. The molecule has 6 heteroatoms. The number of nitrogens with one attached hydrogen (secondary N) is 1. The van der Waals surface area contributed by atoms with Crippen molar-refractivity contribution in [2.24, 2.45) is 0 Å². The lowest BCUT2D eigenvalue weighted by atomic mass is 10.1. The van der Waals surface area contributed by atoms with Crippen molar-refractivity contribution in [3.8, 4) is 5.75 Å². The molecule has 1 heterocycles. The number of hydrogen-bond acceptors (Lipinski definition) is 4. The zero-order chi connectivity index (χ0) is 13.3. The highest BCUT2D eigenvalue weighted by Crippen LogP contribution is 2.21.